The second-order valence-corrected chi connectivity index (χ2v) is 9.12. The first-order valence-electron chi connectivity index (χ1n) is 11.0. The smallest absolute Gasteiger partial charge is 0.300 e. The molecule has 9 nitrogen and oxygen atoms in total. The van der Waals surface area contributed by atoms with Gasteiger partial charge in [-0.2, -0.15) is 0 Å². The molecule has 180 valence electrons. The van der Waals surface area contributed by atoms with Gasteiger partial charge >= 0.3 is 0 Å². The van der Waals surface area contributed by atoms with Crippen molar-refractivity contribution in [1.29, 1.82) is 5.41 Å². The summed E-state index contributed by atoms with van der Waals surface area (Å²) in [5.74, 6) is -1.71. The largest absolute Gasteiger partial charge is 0.496 e. The van der Waals surface area contributed by atoms with Gasteiger partial charge in [0, 0.05) is 36.3 Å². The van der Waals surface area contributed by atoms with E-state index in [1.165, 1.54) is 31.0 Å². The predicted octanol–water partition coefficient (Wildman–Crippen LogP) is 2.44. The van der Waals surface area contributed by atoms with Crippen molar-refractivity contribution in [3.63, 3.8) is 0 Å². The van der Waals surface area contributed by atoms with E-state index in [0.717, 1.165) is 24.2 Å². The van der Waals surface area contributed by atoms with Gasteiger partial charge in [0.05, 0.1) is 24.1 Å². The maximum Gasteiger partial charge on any atom is 0.300 e. The molecule has 0 radical (unpaired) electrons. The van der Waals surface area contributed by atoms with Gasteiger partial charge in [-0.25, -0.2) is 4.98 Å². The summed E-state index contributed by atoms with van der Waals surface area (Å²) in [7, 11) is 1.41. The summed E-state index contributed by atoms with van der Waals surface area (Å²) < 4.78 is 5.35. The topological polar surface area (TPSA) is 138 Å². The molecule has 4 N–H and O–H groups in total. The molecule has 1 fully saturated rings. The van der Waals surface area contributed by atoms with Crippen LogP contribution in [0.2, 0.25) is 0 Å². The number of methoxy groups -OCH3 is 1. The molecular formula is C25H25N5O4S. The van der Waals surface area contributed by atoms with Crippen molar-refractivity contribution < 1.29 is 19.1 Å². The molecule has 0 bridgehead atoms. The third-order valence-electron chi connectivity index (χ3n) is 5.90. The third kappa shape index (κ3) is 5.38. The van der Waals surface area contributed by atoms with Crippen molar-refractivity contribution in [2.45, 2.75) is 12.8 Å². The average molecular weight is 492 g/mol. The monoisotopic (exact) mass is 491 g/mol. The highest BCUT2D eigenvalue weighted by atomic mass is 32.1. The fourth-order valence-corrected chi connectivity index (χ4v) is 4.65. The van der Waals surface area contributed by atoms with E-state index in [2.05, 4.69) is 22.4 Å². The average Bonchev–Trinajstić information content (AvgIpc) is 3.55. The Morgan fingerprint density at radius 3 is 2.71 bits per heavy atom. The van der Waals surface area contributed by atoms with Gasteiger partial charge in [0.2, 0.25) is 0 Å². The Labute approximate surface area is 206 Å². The number of Topliss-reactive ketones (excluding diaryl/α,β-unsaturated/α-hetero) is 1. The van der Waals surface area contributed by atoms with Gasteiger partial charge < -0.3 is 20.8 Å². The lowest BCUT2D eigenvalue weighted by Crippen LogP contribution is -2.33. The summed E-state index contributed by atoms with van der Waals surface area (Å²) >= 11 is 1.16. The van der Waals surface area contributed by atoms with Crippen LogP contribution in [-0.2, 0) is 25.5 Å². The van der Waals surface area contributed by atoms with Crippen LogP contribution < -0.4 is 11.1 Å². The van der Waals surface area contributed by atoms with Gasteiger partial charge in [-0.05, 0) is 30.4 Å². The van der Waals surface area contributed by atoms with E-state index >= 15 is 0 Å². The van der Waals surface area contributed by atoms with Crippen molar-refractivity contribution in [1.82, 2.24) is 9.88 Å². The third-order valence-corrected chi connectivity index (χ3v) is 6.59. The number of allylic oxidation sites excluding steroid dienone is 3. The van der Waals surface area contributed by atoms with Crippen molar-refractivity contribution >= 4 is 39.8 Å². The standard InChI is InChI=1S/C25H25N5O4S/c1-34-20-13-19(26)17(21(27)22(31)23(32)29-25-28-8-10-35-25)12-18(20)24(33)30-9-7-16(14-30)11-15-5-3-2-4-6-15/h2-6,8,10,12-13,16,26H,7,9,11,14,27H2,1H3,(H,28,29,32)/b21-17-,26-19?. The van der Waals surface area contributed by atoms with Crippen LogP contribution in [0.4, 0.5) is 5.13 Å². The van der Waals surface area contributed by atoms with E-state index in [1.54, 1.807) is 10.3 Å². The number of aromatic nitrogens is 1. The van der Waals surface area contributed by atoms with Crippen molar-refractivity contribution in [2.24, 2.45) is 11.7 Å². The van der Waals surface area contributed by atoms with E-state index < -0.39 is 17.4 Å². The highest BCUT2D eigenvalue weighted by Gasteiger charge is 2.33. The van der Waals surface area contributed by atoms with Gasteiger partial charge in [-0.3, -0.25) is 19.7 Å². The van der Waals surface area contributed by atoms with Gasteiger partial charge in [-0.1, -0.05) is 30.3 Å². The fraction of sp³-hybridized carbons (Fsp3) is 0.240. The second-order valence-electron chi connectivity index (χ2n) is 8.23. The maximum atomic E-state index is 13.4. The minimum absolute atomic E-state index is 0.00605. The van der Waals surface area contributed by atoms with E-state index in [1.807, 2.05) is 18.2 Å². The van der Waals surface area contributed by atoms with Crippen LogP contribution in [0.1, 0.15) is 12.0 Å². The zero-order valence-electron chi connectivity index (χ0n) is 19.1. The molecule has 1 aliphatic carbocycles. The van der Waals surface area contributed by atoms with Crippen LogP contribution in [0.25, 0.3) is 0 Å². The van der Waals surface area contributed by atoms with Gasteiger partial charge in [0.25, 0.3) is 17.6 Å². The minimum Gasteiger partial charge on any atom is -0.496 e. The molecule has 10 heteroatoms. The van der Waals surface area contributed by atoms with Crippen LogP contribution in [0.3, 0.4) is 0 Å². The summed E-state index contributed by atoms with van der Waals surface area (Å²) in [5.41, 5.74) is 6.85. The zero-order chi connectivity index (χ0) is 24.9. The maximum absolute atomic E-state index is 13.4. The Morgan fingerprint density at radius 2 is 2.03 bits per heavy atom. The summed E-state index contributed by atoms with van der Waals surface area (Å²) in [6.07, 6.45) is 5.93. The lowest BCUT2D eigenvalue weighted by molar-refractivity contribution is -0.132. The quantitative estimate of drug-likeness (QED) is 0.402. The summed E-state index contributed by atoms with van der Waals surface area (Å²) in [6.45, 7) is 1.18. The molecule has 1 aromatic heterocycles. The number of amides is 2. The van der Waals surface area contributed by atoms with E-state index in [-0.39, 0.29) is 33.7 Å². The number of carbonyl (C=O) groups excluding carboxylic acids is 3. The number of anilines is 1. The lowest BCUT2D eigenvalue weighted by Gasteiger charge is -2.23. The first-order valence-corrected chi connectivity index (χ1v) is 11.9. The van der Waals surface area contributed by atoms with E-state index in [0.29, 0.717) is 19.0 Å². The fourth-order valence-electron chi connectivity index (χ4n) is 4.12. The van der Waals surface area contributed by atoms with Crippen LogP contribution in [0.5, 0.6) is 0 Å². The van der Waals surface area contributed by atoms with Gasteiger partial charge in [-0.15, -0.1) is 11.3 Å². The number of carbonyl (C=O) groups is 3. The molecule has 2 amide bonds. The molecule has 2 heterocycles. The Morgan fingerprint density at radius 1 is 1.26 bits per heavy atom. The molecule has 1 unspecified atom stereocenters. The molecule has 2 aliphatic rings. The number of hydrogen-bond donors (Lipinski definition) is 3. The summed E-state index contributed by atoms with van der Waals surface area (Å²) in [6, 6.07) is 10.1. The van der Waals surface area contributed by atoms with Crippen LogP contribution in [0.15, 0.2) is 76.7 Å². The number of ether oxygens (including phenoxy) is 1. The molecule has 35 heavy (non-hydrogen) atoms. The number of rotatable bonds is 7. The number of likely N-dealkylation sites (tertiary alicyclic amines) is 1. The van der Waals surface area contributed by atoms with Crippen LogP contribution in [-0.4, -0.2) is 53.4 Å². The van der Waals surface area contributed by atoms with Crippen molar-refractivity contribution in [2.75, 3.05) is 25.5 Å². The molecule has 0 saturated carbocycles. The predicted molar refractivity (Wildman–Crippen MR) is 133 cm³/mol. The Bertz CT molecular complexity index is 1250. The van der Waals surface area contributed by atoms with E-state index in [9.17, 15) is 14.4 Å². The van der Waals surface area contributed by atoms with Crippen LogP contribution in [0, 0.1) is 11.3 Å². The number of ketones is 1. The summed E-state index contributed by atoms with van der Waals surface area (Å²) in [4.78, 5) is 44.0. The molecule has 1 aliphatic heterocycles. The Hall–Kier alpha value is -4.05. The number of thiazole rings is 1. The zero-order valence-corrected chi connectivity index (χ0v) is 19.9. The molecule has 1 aromatic carbocycles. The van der Waals surface area contributed by atoms with E-state index in [4.69, 9.17) is 15.9 Å². The first-order chi connectivity index (χ1) is 16.9. The molecule has 4 rings (SSSR count). The Kier molecular flexibility index (Phi) is 7.21. The van der Waals surface area contributed by atoms with Gasteiger partial charge in [0.15, 0.2) is 5.13 Å². The van der Waals surface area contributed by atoms with Crippen LogP contribution >= 0.6 is 11.3 Å². The number of nitrogens with zero attached hydrogens (tertiary/aromatic N) is 2. The molecule has 0 spiro atoms. The minimum atomic E-state index is -1.01. The molecule has 1 saturated heterocycles. The second kappa shape index (κ2) is 10.5. The van der Waals surface area contributed by atoms with Crippen molar-refractivity contribution in [3.8, 4) is 0 Å². The van der Waals surface area contributed by atoms with Gasteiger partial charge in [0.1, 0.15) is 5.76 Å². The highest BCUT2D eigenvalue weighted by Crippen LogP contribution is 2.28. The van der Waals surface area contributed by atoms with Crippen molar-refractivity contribution in [3.05, 3.63) is 82.2 Å². The number of nitrogens with one attached hydrogen (secondary N) is 2. The number of hydrogen-bond acceptors (Lipinski definition) is 8. The lowest BCUT2D eigenvalue weighted by atomic mass is 9.94. The first kappa shape index (κ1) is 24.1. The molecule has 2 aromatic rings. The SMILES string of the molecule is COC1=CC(=N)/C(=C(\N)C(=O)C(=O)Nc2nccs2)C=C1C(=O)N1CCC(Cc2ccccc2)C1. The summed E-state index contributed by atoms with van der Waals surface area (Å²) in [5, 5.41) is 12.6. The number of benzene rings is 1. The number of nitrogens with two attached hydrogens (primary N) is 1. The normalized spacial score (nSPS) is 19.1. The molecular weight excluding hydrogens is 466 g/mol. The highest BCUT2D eigenvalue weighted by molar-refractivity contribution is 7.13. The Balaban J connectivity index is 1.53. The molecule has 1 atom stereocenters.